The summed E-state index contributed by atoms with van der Waals surface area (Å²) in [6, 6.07) is 19.6. The fraction of sp³-hybridized carbons (Fsp3) is 0.349. The highest BCUT2D eigenvalue weighted by atomic mass is 32.2. The summed E-state index contributed by atoms with van der Waals surface area (Å²) in [4.78, 5) is 23.8. The summed E-state index contributed by atoms with van der Waals surface area (Å²) in [6.45, 7) is 13.3. The quantitative estimate of drug-likeness (QED) is 0.150. The Balaban J connectivity index is 0.905. The third kappa shape index (κ3) is 8.57. The molecule has 0 saturated carbocycles. The van der Waals surface area contributed by atoms with E-state index in [0.717, 1.165) is 74.6 Å². The van der Waals surface area contributed by atoms with Gasteiger partial charge in [0.05, 0.1) is 51.0 Å². The van der Waals surface area contributed by atoms with E-state index in [1.165, 1.54) is 0 Å². The van der Waals surface area contributed by atoms with E-state index in [1.54, 1.807) is 24.8 Å². The molecule has 7 aromatic rings. The van der Waals surface area contributed by atoms with Crippen molar-refractivity contribution in [3.05, 3.63) is 79.3 Å². The van der Waals surface area contributed by atoms with Gasteiger partial charge in [0.15, 0.2) is 0 Å². The standard InChI is InChI=1S/C43H48N12O4S2/c1-27(2)58-38-24-33-35(26-46-38)48-49-40(33)30-10-12-44-36(22-30)53-16-20-55(21-17-53)61(57)32-8-6-29(7-9-32)42-43-34(25-39(47-42)59-28(3)4)41(50-51-43)31-11-13-45-37(23-31)52-14-18-54(19-15-52)60(5)56/h6-13,22-28H,14-21H2,1-5H3,(H,48,49)(H,50,51). The lowest BCUT2D eigenvalue weighted by atomic mass is 10.1. The molecule has 2 fully saturated rings. The van der Waals surface area contributed by atoms with Gasteiger partial charge in [-0.05, 0) is 64.1 Å². The number of hydrogen-bond acceptors (Lipinski definition) is 12. The molecule has 0 bridgehead atoms. The van der Waals surface area contributed by atoms with Crippen LogP contribution in [0.1, 0.15) is 27.7 Å². The molecule has 61 heavy (non-hydrogen) atoms. The minimum Gasteiger partial charge on any atom is -0.475 e. The van der Waals surface area contributed by atoms with Gasteiger partial charge in [0.2, 0.25) is 11.8 Å². The summed E-state index contributed by atoms with van der Waals surface area (Å²) >= 11 is 0. The van der Waals surface area contributed by atoms with Crippen LogP contribution < -0.4 is 19.3 Å². The third-order valence-corrected chi connectivity index (χ3v) is 13.4. The lowest BCUT2D eigenvalue weighted by Gasteiger charge is -2.34. The first kappa shape index (κ1) is 40.6. The van der Waals surface area contributed by atoms with Gasteiger partial charge in [-0.1, -0.05) is 12.1 Å². The van der Waals surface area contributed by atoms with Crippen LogP contribution in [0.5, 0.6) is 11.8 Å². The number of aromatic amines is 2. The van der Waals surface area contributed by atoms with E-state index in [0.29, 0.717) is 61.6 Å². The number of benzene rings is 1. The molecule has 2 aliphatic rings. The topological polar surface area (TPSA) is 174 Å². The number of H-pyrrole nitrogens is 2. The molecule has 316 valence electrons. The molecule has 2 aliphatic heterocycles. The predicted molar refractivity (Wildman–Crippen MR) is 239 cm³/mol. The van der Waals surface area contributed by atoms with Crippen molar-refractivity contribution in [2.75, 3.05) is 68.4 Å². The van der Waals surface area contributed by atoms with Crippen molar-refractivity contribution in [3.8, 4) is 45.5 Å². The van der Waals surface area contributed by atoms with E-state index in [4.69, 9.17) is 19.6 Å². The van der Waals surface area contributed by atoms with Gasteiger partial charge in [-0.25, -0.2) is 37.0 Å². The largest absolute Gasteiger partial charge is 0.475 e. The Hall–Kier alpha value is -5.82. The molecule has 2 unspecified atom stereocenters. The lowest BCUT2D eigenvalue weighted by molar-refractivity contribution is 0.233. The van der Waals surface area contributed by atoms with Crippen molar-refractivity contribution in [1.82, 2.24) is 48.9 Å². The van der Waals surface area contributed by atoms with Gasteiger partial charge in [-0.2, -0.15) is 10.2 Å². The van der Waals surface area contributed by atoms with E-state index in [1.807, 2.05) is 84.8 Å². The summed E-state index contributed by atoms with van der Waals surface area (Å²) < 4.78 is 41.9. The summed E-state index contributed by atoms with van der Waals surface area (Å²) in [5.41, 5.74) is 6.56. The van der Waals surface area contributed by atoms with Gasteiger partial charge in [0.1, 0.15) is 34.0 Å². The molecule has 16 nitrogen and oxygen atoms in total. The monoisotopic (exact) mass is 860 g/mol. The molecule has 18 heteroatoms. The zero-order valence-electron chi connectivity index (χ0n) is 34.7. The van der Waals surface area contributed by atoms with Gasteiger partial charge >= 0.3 is 0 Å². The fourth-order valence-electron chi connectivity index (χ4n) is 7.76. The molecular weight excluding hydrogens is 813 g/mol. The maximum atomic E-state index is 14.0. The van der Waals surface area contributed by atoms with Gasteiger partial charge in [-0.3, -0.25) is 10.2 Å². The molecule has 0 spiro atoms. The van der Waals surface area contributed by atoms with Gasteiger partial charge in [-0.15, -0.1) is 0 Å². The van der Waals surface area contributed by atoms with Crippen LogP contribution in [0.15, 0.2) is 84.1 Å². The SMILES string of the molecule is CC(C)Oc1cc2c(-c3ccnc(N4CCN(S(=O)c5ccc(-c6nc(OC(C)C)cc7c(-c8ccnc(N9CCN(S(C)=O)CC9)c8)n[nH]c67)cc5)CC4)c3)n[nH]c2cn1. The minimum atomic E-state index is -1.36. The summed E-state index contributed by atoms with van der Waals surface area (Å²) in [7, 11) is -2.35. The number of anilines is 2. The van der Waals surface area contributed by atoms with Gasteiger partial charge < -0.3 is 19.3 Å². The Kier molecular flexibility index (Phi) is 11.5. The van der Waals surface area contributed by atoms with E-state index >= 15 is 0 Å². The average Bonchev–Trinajstić information content (AvgIpc) is 3.90. The number of pyridine rings is 4. The number of nitrogens with one attached hydrogen (secondary N) is 2. The smallest absolute Gasteiger partial charge is 0.214 e. The first-order chi connectivity index (χ1) is 29.6. The maximum Gasteiger partial charge on any atom is 0.214 e. The summed E-state index contributed by atoms with van der Waals surface area (Å²) in [5.74, 6) is 2.74. The van der Waals surface area contributed by atoms with Crippen LogP contribution in [0.2, 0.25) is 0 Å². The second kappa shape index (κ2) is 17.3. The van der Waals surface area contributed by atoms with Crippen molar-refractivity contribution in [2.24, 2.45) is 0 Å². The first-order valence-electron chi connectivity index (χ1n) is 20.4. The van der Waals surface area contributed by atoms with E-state index in [9.17, 15) is 8.42 Å². The molecule has 2 N–H and O–H groups in total. The lowest BCUT2D eigenvalue weighted by Crippen LogP contribution is -2.47. The van der Waals surface area contributed by atoms with E-state index in [-0.39, 0.29) is 12.2 Å². The predicted octanol–water partition coefficient (Wildman–Crippen LogP) is 5.85. The van der Waals surface area contributed by atoms with Crippen molar-refractivity contribution >= 4 is 55.4 Å². The Labute approximate surface area is 358 Å². The molecule has 9 rings (SSSR count). The molecular formula is C43H48N12O4S2. The van der Waals surface area contributed by atoms with Gasteiger partial charge in [0.25, 0.3) is 0 Å². The number of nitrogens with zero attached hydrogens (tertiary/aromatic N) is 10. The van der Waals surface area contributed by atoms with Crippen molar-refractivity contribution in [3.63, 3.8) is 0 Å². The molecule has 0 radical (unpaired) electrons. The average molecular weight is 861 g/mol. The van der Waals surface area contributed by atoms with Gasteiger partial charge in [0, 0.05) is 111 Å². The molecule has 0 aliphatic carbocycles. The summed E-state index contributed by atoms with van der Waals surface area (Å²) in [6.07, 6.45) is 6.99. The minimum absolute atomic E-state index is 0.0113. The maximum absolute atomic E-state index is 14.0. The number of aromatic nitrogens is 8. The van der Waals surface area contributed by atoms with Crippen LogP contribution in [0, 0.1) is 0 Å². The Morgan fingerprint density at radius 2 is 1.16 bits per heavy atom. The zero-order chi connectivity index (χ0) is 42.2. The number of fused-ring (bicyclic) bond motifs is 2. The molecule has 1 aromatic carbocycles. The Morgan fingerprint density at radius 3 is 1.77 bits per heavy atom. The highest BCUT2D eigenvalue weighted by molar-refractivity contribution is 7.82. The number of piperazine rings is 2. The molecule has 2 saturated heterocycles. The van der Waals surface area contributed by atoms with Crippen LogP contribution >= 0.6 is 0 Å². The van der Waals surface area contributed by atoms with Crippen LogP contribution in [0.3, 0.4) is 0 Å². The molecule has 8 heterocycles. The van der Waals surface area contributed by atoms with Crippen LogP contribution in [-0.4, -0.2) is 128 Å². The fourth-order valence-corrected chi connectivity index (χ4v) is 9.60. The second-order valence-electron chi connectivity index (χ2n) is 15.6. The first-order valence-corrected chi connectivity index (χ1v) is 23.0. The van der Waals surface area contributed by atoms with Crippen LogP contribution in [0.4, 0.5) is 11.6 Å². The highest BCUT2D eigenvalue weighted by Crippen LogP contribution is 2.36. The normalized spacial score (nSPS) is 16.5. The number of rotatable bonds is 12. The van der Waals surface area contributed by atoms with Crippen LogP contribution in [0.25, 0.3) is 55.6 Å². The van der Waals surface area contributed by atoms with E-state index in [2.05, 4.69) is 52.2 Å². The number of hydrogen-bond donors (Lipinski definition) is 2. The van der Waals surface area contributed by atoms with Crippen molar-refractivity contribution < 1.29 is 17.9 Å². The summed E-state index contributed by atoms with van der Waals surface area (Å²) in [5, 5.41) is 17.5. The van der Waals surface area contributed by atoms with E-state index < -0.39 is 22.0 Å². The van der Waals surface area contributed by atoms with Crippen LogP contribution in [-0.2, 0) is 22.0 Å². The Bertz CT molecular complexity index is 2720. The number of ether oxygens (including phenoxy) is 2. The van der Waals surface area contributed by atoms with Crippen molar-refractivity contribution in [2.45, 2.75) is 44.8 Å². The highest BCUT2D eigenvalue weighted by Gasteiger charge is 2.25. The third-order valence-electron chi connectivity index (χ3n) is 10.8. The zero-order valence-corrected chi connectivity index (χ0v) is 36.4. The van der Waals surface area contributed by atoms with Crippen molar-refractivity contribution in [1.29, 1.82) is 0 Å². The molecule has 2 atom stereocenters. The molecule has 6 aromatic heterocycles. The Morgan fingerprint density at radius 1 is 0.607 bits per heavy atom. The molecule has 0 amide bonds. The second-order valence-corrected chi connectivity index (χ2v) is 18.5.